The molecule has 5 nitrogen and oxygen atoms in total. The molecule has 1 saturated heterocycles. The van der Waals surface area contributed by atoms with Crippen LogP contribution in [-0.2, 0) is 16.1 Å². The van der Waals surface area contributed by atoms with Crippen molar-refractivity contribution in [3.63, 3.8) is 0 Å². The Morgan fingerprint density at radius 2 is 1.88 bits per heavy atom. The van der Waals surface area contributed by atoms with Gasteiger partial charge < -0.3 is 16.0 Å². The highest BCUT2D eigenvalue weighted by Crippen LogP contribution is 2.38. The molecule has 1 saturated carbocycles. The summed E-state index contributed by atoms with van der Waals surface area (Å²) in [4.78, 5) is 26.9. The minimum Gasteiger partial charge on any atom is -0.344 e. The molecule has 0 bridgehead atoms. The van der Waals surface area contributed by atoms with Crippen molar-refractivity contribution in [3.8, 4) is 0 Å². The quantitative estimate of drug-likeness (QED) is 0.797. The summed E-state index contributed by atoms with van der Waals surface area (Å²) in [6, 6.07) is 9.59. The van der Waals surface area contributed by atoms with Crippen LogP contribution in [0.25, 0.3) is 0 Å². The number of carbonyl (C=O) groups is 2. The van der Waals surface area contributed by atoms with E-state index < -0.39 is 0 Å². The summed E-state index contributed by atoms with van der Waals surface area (Å²) in [6.07, 6.45) is 6.72. The van der Waals surface area contributed by atoms with Crippen LogP contribution in [-0.4, -0.2) is 35.8 Å². The number of amides is 2. The van der Waals surface area contributed by atoms with E-state index in [1.54, 1.807) is 0 Å². The van der Waals surface area contributed by atoms with Crippen LogP contribution >= 0.6 is 12.4 Å². The van der Waals surface area contributed by atoms with E-state index in [1.165, 1.54) is 6.42 Å². The number of benzene rings is 1. The number of rotatable bonds is 6. The Labute approximate surface area is 162 Å². The van der Waals surface area contributed by atoms with Crippen molar-refractivity contribution < 1.29 is 9.59 Å². The van der Waals surface area contributed by atoms with Crippen LogP contribution < -0.4 is 11.1 Å². The molecule has 1 atom stereocenters. The third-order valence-corrected chi connectivity index (χ3v) is 5.73. The summed E-state index contributed by atoms with van der Waals surface area (Å²) in [6.45, 7) is 1.86. The van der Waals surface area contributed by atoms with Crippen molar-refractivity contribution in [3.05, 3.63) is 35.9 Å². The van der Waals surface area contributed by atoms with Gasteiger partial charge in [0.1, 0.15) is 6.04 Å². The summed E-state index contributed by atoms with van der Waals surface area (Å²) in [7, 11) is 0. The molecule has 3 N–H and O–H groups in total. The van der Waals surface area contributed by atoms with Crippen molar-refractivity contribution in [2.24, 2.45) is 11.1 Å². The van der Waals surface area contributed by atoms with Gasteiger partial charge in [-0.1, -0.05) is 49.6 Å². The third-order valence-electron chi connectivity index (χ3n) is 5.73. The molecular weight excluding hydrogens is 350 g/mol. The Morgan fingerprint density at radius 3 is 2.54 bits per heavy atom. The van der Waals surface area contributed by atoms with E-state index >= 15 is 0 Å². The fraction of sp³-hybridized carbons (Fsp3) is 0.600. The molecule has 1 aromatic carbocycles. The predicted octanol–water partition coefficient (Wildman–Crippen LogP) is 2.62. The van der Waals surface area contributed by atoms with Gasteiger partial charge in [0.15, 0.2) is 0 Å². The Morgan fingerprint density at radius 1 is 1.19 bits per heavy atom. The van der Waals surface area contributed by atoms with Crippen molar-refractivity contribution in [2.75, 3.05) is 13.1 Å². The lowest BCUT2D eigenvalue weighted by molar-refractivity contribution is -0.133. The van der Waals surface area contributed by atoms with E-state index in [0.717, 1.165) is 31.2 Å². The van der Waals surface area contributed by atoms with Gasteiger partial charge >= 0.3 is 0 Å². The molecule has 1 unspecified atom stereocenters. The van der Waals surface area contributed by atoms with Gasteiger partial charge in [-0.2, -0.15) is 0 Å². The minimum absolute atomic E-state index is 0. The number of carbonyl (C=O) groups excluding carboxylic acids is 2. The molecule has 0 spiro atoms. The number of nitrogens with two attached hydrogens (primary N) is 1. The maximum Gasteiger partial charge on any atom is 0.245 e. The maximum atomic E-state index is 12.6. The maximum absolute atomic E-state index is 12.6. The van der Waals surface area contributed by atoms with Crippen molar-refractivity contribution in [1.29, 1.82) is 0 Å². The average molecular weight is 380 g/mol. The van der Waals surface area contributed by atoms with Crippen LogP contribution in [0.3, 0.4) is 0 Å². The van der Waals surface area contributed by atoms with Gasteiger partial charge in [0, 0.05) is 19.5 Å². The van der Waals surface area contributed by atoms with Crippen molar-refractivity contribution in [2.45, 2.75) is 57.5 Å². The van der Waals surface area contributed by atoms with Crippen LogP contribution in [0.5, 0.6) is 0 Å². The number of nitrogens with zero attached hydrogens (tertiary/aromatic N) is 1. The van der Waals surface area contributed by atoms with Gasteiger partial charge in [-0.25, -0.2) is 0 Å². The van der Waals surface area contributed by atoms with E-state index in [-0.39, 0.29) is 35.7 Å². The zero-order chi connectivity index (χ0) is 17.7. The Hall–Kier alpha value is -1.59. The monoisotopic (exact) mass is 379 g/mol. The predicted molar refractivity (Wildman–Crippen MR) is 105 cm³/mol. The molecule has 1 aromatic rings. The highest BCUT2D eigenvalue weighted by molar-refractivity contribution is 5.89. The first-order valence-electron chi connectivity index (χ1n) is 9.44. The summed E-state index contributed by atoms with van der Waals surface area (Å²) >= 11 is 0. The lowest BCUT2D eigenvalue weighted by atomic mass is 9.71. The van der Waals surface area contributed by atoms with E-state index in [1.807, 2.05) is 35.2 Å². The average Bonchev–Trinajstić information content (AvgIpc) is 2.96. The molecule has 144 valence electrons. The van der Waals surface area contributed by atoms with Crippen LogP contribution in [0, 0.1) is 5.41 Å². The Kier molecular flexibility index (Phi) is 7.47. The van der Waals surface area contributed by atoms with E-state index in [2.05, 4.69) is 5.32 Å². The number of likely N-dealkylation sites (tertiary alicyclic amines) is 1. The van der Waals surface area contributed by atoms with Gasteiger partial charge in [-0.15, -0.1) is 12.4 Å². The fourth-order valence-corrected chi connectivity index (χ4v) is 4.17. The summed E-state index contributed by atoms with van der Waals surface area (Å²) in [5.74, 6) is 0.00917. The van der Waals surface area contributed by atoms with Gasteiger partial charge in [-0.3, -0.25) is 9.59 Å². The molecule has 2 amide bonds. The summed E-state index contributed by atoms with van der Waals surface area (Å²) < 4.78 is 0. The molecule has 6 heteroatoms. The minimum atomic E-state index is -0.380. The molecular formula is C20H30ClN3O2. The Bertz CT molecular complexity index is 602. The van der Waals surface area contributed by atoms with E-state index in [9.17, 15) is 9.59 Å². The second-order valence-electron chi connectivity index (χ2n) is 7.60. The molecule has 1 heterocycles. The summed E-state index contributed by atoms with van der Waals surface area (Å²) in [5.41, 5.74) is 7.03. The van der Waals surface area contributed by atoms with Crippen LogP contribution in [0.1, 0.15) is 50.5 Å². The number of hydrogen-bond donors (Lipinski definition) is 2. The SMILES string of the molecule is Cl.NCC1(CC(=O)NC2CCN(Cc3ccccc3)C2=O)CCCCC1. The molecule has 1 aliphatic heterocycles. The van der Waals surface area contributed by atoms with Gasteiger partial charge in [0.05, 0.1) is 0 Å². The topological polar surface area (TPSA) is 75.4 Å². The fourth-order valence-electron chi connectivity index (χ4n) is 4.17. The molecule has 1 aliphatic carbocycles. The highest BCUT2D eigenvalue weighted by Gasteiger charge is 2.36. The summed E-state index contributed by atoms with van der Waals surface area (Å²) in [5, 5.41) is 2.97. The van der Waals surface area contributed by atoms with Crippen LogP contribution in [0.2, 0.25) is 0 Å². The lowest BCUT2D eigenvalue weighted by Crippen LogP contribution is -2.44. The number of halogens is 1. The standard InChI is InChI=1S/C20H29N3O2.ClH/c21-15-20(10-5-2-6-11-20)13-18(24)22-17-9-12-23(19(17)25)14-16-7-3-1-4-8-16;/h1,3-4,7-8,17H,2,5-6,9-15,21H2,(H,22,24);1H. The second-order valence-corrected chi connectivity index (χ2v) is 7.60. The molecule has 2 fully saturated rings. The zero-order valence-corrected chi connectivity index (χ0v) is 16.1. The largest absolute Gasteiger partial charge is 0.344 e. The van der Waals surface area contributed by atoms with E-state index in [4.69, 9.17) is 5.73 Å². The van der Waals surface area contributed by atoms with Gasteiger partial charge in [0.25, 0.3) is 0 Å². The van der Waals surface area contributed by atoms with Gasteiger partial charge in [-0.05, 0) is 36.8 Å². The van der Waals surface area contributed by atoms with Crippen molar-refractivity contribution >= 4 is 24.2 Å². The van der Waals surface area contributed by atoms with E-state index in [0.29, 0.717) is 32.5 Å². The second kappa shape index (κ2) is 9.38. The van der Waals surface area contributed by atoms with Crippen LogP contribution in [0.15, 0.2) is 30.3 Å². The third kappa shape index (κ3) is 4.98. The van der Waals surface area contributed by atoms with Crippen LogP contribution in [0.4, 0.5) is 0 Å². The first kappa shape index (κ1) is 20.7. The Balaban J connectivity index is 0.00000243. The molecule has 0 radical (unpaired) electrons. The highest BCUT2D eigenvalue weighted by atomic mass is 35.5. The zero-order valence-electron chi connectivity index (χ0n) is 15.3. The normalized spacial score (nSPS) is 22.0. The molecule has 2 aliphatic rings. The number of nitrogens with one attached hydrogen (secondary N) is 1. The van der Waals surface area contributed by atoms with Crippen molar-refractivity contribution in [1.82, 2.24) is 10.2 Å². The molecule has 26 heavy (non-hydrogen) atoms. The number of hydrogen-bond acceptors (Lipinski definition) is 3. The smallest absolute Gasteiger partial charge is 0.245 e. The first-order chi connectivity index (χ1) is 12.1. The lowest BCUT2D eigenvalue weighted by Gasteiger charge is -2.35. The molecule has 0 aromatic heterocycles. The molecule has 3 rings (SSSR count). The van der Waals surface area contributed by atoms with Gasteiger partial charge in [0.2, 0.25) is 11.8 Å². The first-order valence-corrected chi connectivity index (χ1v) is 9.44.